The van der Waals surface area contributed by atoms with Crippen LogP contribution >= 0.6 is 0 Å². The average molecular weight is 601 g/mol. The first-order valence-corrected chi connectivity index (χ1v) is 17.1. The summed E-state index contributed by atoms with van der Waals surface area (Å²) in [6.07, 6.45) is 0. The monoisotopic (exact) mass is 600 g/mol. The van der Waals surface area contributed by atoms with Crippen LogP contribution in [-0.2, 0) is 0 Å². The Balaban J connectivity index is 1.44. The first-order valence-electron chi connectivity index (χ1n) is 15.1. The Bertz CT molecular complexity index is 1920. The van der Waals surface area contributed by atoms with E-state index in [0.717, 1.165) is 38.6 Å². The van der Waals surface area contributed by atoms with Gasteiger partial charge in [-0.15, -0.1) is 0 Å². The topological polar surface area (TPSA) is 0 Å². The smallest absolute Gasteiger partial charge is 0.179 e. The summed E-state index contributed by atoms with van der Waals surface area (Å²) in [6.45, 7) is 0. The van der Waals surface area contributed by atoms with Crippen LogP contribution in [-0.4, -0.2) is 8.07 Å². The summed E-state index contributed by atoms with van der Waals surface area (Å²) in [5, 5.41) is 4.69. The molecule has 7 aromatic carbocycles. The molecular formula is C42H30F2Si. The van der Waals surface area contributed by atoms with Gasteiger partial charge in [-0.3, -0.25) is 0 Å². The highest BCUT2D eigenvalue weighted by molar-refractivity contribution is 7.19. The number of hydrogen-bond acceptors (Lipinski definition) is 0. The SMILES string of the molecule is Fc1ccc(-c2ccc([Si](c3ccc(F)cc3)(c3ccc(-c4ccccc4)cc3)c3ccc(-c4ccccc4)cc3)cc2)cc1. The summed E-state index contributed by atoms with van der Waals surface area (Å²) >= 11 is 0. The number of benzene rings is 7. The second-order valence-corrected chi connectivity index (χ2v) is 15.0. The van der Waals surface area contributed by atoms with E-state index in [2.05, 4.69) is 121 Å². The lowest BCUT2D eigenvalue weighted by Gasteiger charge is -2.35. The molecule has 0 amide bonds. The van der Waals surface area contributed by atoms with Gasteiger partial charge in [0.2, 0.25) is 0 Å². The van der Waals surface area contributed by atoms with Crippen LogP contribution in [0.1, 0.15) is 0 Å². The molecular weight excluding hydrogens is 571 g/mol. The molecule has 216 valence electrons. The molecule has 3 heteroatoms. The lowest BCUT2D eigenvalue weighted by molar-refractivity contribution is 0.627. The summed E-state index contributed by atoms with van der Waals surface area (Å²) in [4.78, 5) is 0. The van der Waals surface area contributed by atoms with Crippen molar-refractivity contribution in [1.82, 2.24) is 0 Å². The van der Waals surface area contributed by atoms with Crippen molar-refractivity contribution < 1.29 is 8.78 Å². The fraction of sp³-hybridized carbons (Fsp3) is 0. The van der Waals surface area contributed by atoms with Crippen molar-refractivity contribution >= 4 is 28.8 Å². The third-order valence-corrected chi connectivity index (χ3v) is 13.4. The van der Waals surface area contributed by atoms with Crippen molar-refractivity contribution in [2.75, 3.05) is 0 Å². The lowest BCUT2D eigenvalue weighted by atomic mass is 10.1. The Morgan fingerprint density at radius 1 is 0.244 bits per heavy atom. The van der Waals surface area contributed by atoms with Gasteiger partial charge in [-0.2, -0.15) is 0 Å². The molecule has 0 aliphatic rings. The van der Waals surface area contributed by atoms with E-state index in [-0.39, 0.29) is 11.6 Å². The van der Waals surface area contributed by atoms with Gasteiger partial charge in [0.1, 0.15) is 11.6 Å². The van der Waals surface area contributed by atoms with Gasteiger partial charge >= 0.3 is 0 Å². The minimum absolute atomic E-state index is 0.254. The predicted octanol–water partition coefficient (Wildman–Crippen LogP) is 8.34. The summed E-state index contributed by atoms with van der Waals surface area (Å²) in [5.74, 6) is -0.511. The van der Waals surface area contributed by atoms with Crippen LogP contribution in [0.15, 0.2) is 182 Å². The Morgan fingerprint density at radius 3 is 0.778 bits per heavy atom. The molecule has 0 atom stereocenters. The first kappa shape index (κ1) is 28.4. The maximum atomic E-state index is 14.4. The van der Waals surface area contributed by atoms with Crippen LogP contribution in [0.5, 0.6) is 0 Å². The third-order valence-electron chi connectivity index (χ3n) is 8.62. The van der Waals surface area contributed by atoms with Gasteiger partial charge in [-0.05, 0) is 78.4 Å². The largest absolute Gasteiger partial charge is 0.207 e. The van der Waals surface area contributed by atoms with E-state index in [1.165, 1.54) is 27.7 Å². The molecule has 0 aliphatic heterocycles. The maximum Gasteiger partial charge on any atom is 0.179 e. The predicted molar refractivity (Wildman–Crippen MR) is 186 cm³/mol. The molecule has 0 unspecified atom stereocenters. The Morgan fingerprint density at radius 2 is 0.467 bits per heavy atom. The zero-order valence-corrected chi connectivity index (χ0v) is 25.6. The van der Waals surface area contributed by atoms with E-state index >= 15 is 0 Å². The van der Waals surface area contributed by atoms with Crippen molar-refractivity contribution in [2.24, 2.45) is 0 Å². The highest BCUT2D eigenvalue weighted by Gasteiger charge is 2.41. The molecule has 0 N–H and O–H groups in total. The van der Waals surface area contributed by atoms with E-state index < -0.39 is 8.07 Å². The van der Waals surface area contributed by atoms with Crippen LogP contribution in [0.2, 0.25) is 0 Å². The molecule has 7 rings (SSSR count). The van der Waals surface area contributed by atoms with Gasteiger partial charge in [0.05, 0.1) is 0 Å². The average Bonchev–Trinajstić information content (AvgIpc) is 3.11. The highest BCUT2D eigenvalue weighted by atomic mass is 28.3. The van der Waals surface area contributed by atoms with Gasteiger partial charge in [0, 0.05) is 0 Å². The van der Waals surface area contributed by atoms with Gasteiger partial charge in [-0.1, -0.05) is 158 Å². The molecule has 0 aromatic heterocycles. The Kier molecular flexibility index (Phi) is 7.77. The van der Waals surface area contributed by atoms with Gasteiger partial charge in [0.25, 0.3) is 0 Å². The molecule has 0 spiro atoms. The van der Waals surface area contributed by atoms with Crippen molar-refractivity contribution in [3.63, 3.8) is 0 Å². The van der Waals surface area contributed by atoms with Crippen molar-refractivity contribution in [2.45, 2.75) is 0 Å². The Hall–Kier alpha value is -5.38. The molecule has 0 heterocycles. The summed E-state index contributed by atoms with van der Waals surface area (Å²) < 4.78 is 28.1. The van der Waals surface area contributed by atoms with E-state index in [9.17, 15) is 8.78 Å². The van der Waals surface area contributed by atoms with Crippen LogP contribution in [0.3, 0.4) is 0 Å². The van der Waals surface area contributed by atoms with E-state index in [1.54, 1.807) is 24.3 Å². The van der Waals surface area contributed by atoms with Gasteiger partial charge in [0.15, 0.2) is 8.07 Å². The number of halogens is 2. The quantitative estimate of drug-likeness (QED) is 0.127. The zero-order valence-electron chi connectivity index (χ0n) is 24.6. The molecule has 0 saturated heterocycles. The fourth-order valence-corrected chi connectivity index (χ4v) is 11.0. The molecule has 0 bridgehead atoms. The van der Waals surface area contributed by atoms with Crippen LogP contribution in [0, 0.1) is 11.6 Å². The van der Waals surface area contributed by atoms with E-state index in [1.807, 2.05) is 24.3 Å². The minimum atomic E-state index is -2.93. The molecule has 7 aromatic rings. The Labute approximate surface area is 263 Å². The maximum absolute atomic E-state index is 14.4. The normalized spacial score (nSPS) is 11.3. The molecule has 0 fully saturated rings. The number of hydrogen-bond donors (Lipinski definition) is 0. The highest BCUT2D eigenvalue weighted by Crippen LogP contribution is 2.23. The molecule has 0 aliphatic carbocycles. The summed E-state index contributed by atoms with van der Waals surface area (Å²) in [7, 11) is -2.93. The van der Waals surface area contributed by atoms with Gasteiger partial charge < -0.3 is 0 Å². The van der Waals surface area contributed by atoms with E-state index in [4.69, 9.17) is 0 Å². The number of rotatable bonds is 7. The minimum Gasteiger partial charge on any atom is -0.207 e. The van der Waals surface area contributed by atoms with Crippen LogP contribution in [0.25, 0.3) is 33.4 Å². The lowest BCUT2D eigenvalue weighted by Crippen LogP contribution is -2.74. The second-order valence-electron chi connectivity index (χ2n) is 11.2. The first-order chi connectivity index (χ1) is 22.1. The van der Waals surface area contributed by atoms with Crippen LogP contribution in [0.4, 0.5) is 8.78 Å². The summed E-state index contributed by atoms with van der Waals surface area (Å²) in [5.41, 5.74) is 6.58. The standard InChI is InChI=1S/C42H30F2Si/c43-37-19-11-33(12-20-37)36-17-27-41(28-18-36)45(42-29-21-38(44)22-30-42,39-23-13-34(14-24-39)31-7-3-1-4-8-31)40-25-15-35(16-26-40)32-9-5-2-6-10-32/h1-30H. The third kappa shape index (κ3) is 5.55. The van der Waals surface area contributed by atoms with E-state index in [0.29, 0.717) is 0 Å². The molecule has 0 radical (unpaired) electrons. The van der Waals surface area contributed by atoms with Crippen molar-refractivity contribution in [1.29, 1.82) is 0 Å². The van der Waals surface area contributed by atoms with Crippen molar-refractivity contribution in [3.05, 3.63) is 194 Å². The second kappa shape index (κ2) is 12.3. The fourth-order valence-electron chi connectivity index (χ4n) is 6.34. The molecule has 0 nitrogen and oxygen atoms in total. The van der Waals surface area contributed by atoms with Crippen LogP contribution < -0.4 is 20.7 Å². The van der Waals surface area contributed by atoms with Gasteiger partial charge in [-0.25, -0.2) is 8.78 Å². The summed E-state index contributed by atoms with van der Waals surface area (Å²) in [6, 6.07) is 60.8. The van der Waals surface area contributed by atoms with Crippen molar-refractivity contribution in [3.8, 4) is 33.4 Å². The molecule has 0 saturated carbocycles. The zero-order chi connectivity index (χ0) is 30.6. The molecule has 45 heavy (non-hydrogen) atoms.